The number of methoxy groups -OCH3 is 1. The quantitative estimate of drug-likeness (QED) is 0.651. The molecule has 0 radical (unpaired) electrons. The number of aliphatic hydroxyl groups excluding tert-OH is 1. The standard InChI is InChI=1S/C12H27NO2/c1-6-12(4,11(3)14)9-13-10(2)7-8-15-5/h10-11,13-14H,6-9H2,1-5H3. The largest absolute Gasteiger partial charge is 0.393 e. The lowest BCUT2D eigenvalue weighted by atomic mass is 9.82. The first kappa shape index (κ1) is 14.9. The van der Waals surface area contributed by atoms with Crippen molar-refractivity contribution in [3.05, 3.63) is 0 Å². The Morgan fingerprint density at radius 2 is 2.00 bits per heavy atom. The van der Waals surface area contributed by atoms with Gasteiger partial charge in [-0.15, -0.1) is 0 Å². The third kappa shape index (κ3) is 5.50. The lowest BCUT2D eigenvalue weighted by Gasteiger charge is -2.33. The predicted molar refractivity (Wildman–Crippen MR) is 64.0 cm³/mol. The Morgan fingerprint density at radius 3 is 2.40 bits per heavy atom. The van der Waals surface area contributed by atoms with Gasteiger partial charge in [-0.3, -0.25) is 0 Å². The van der Waals surface area contributed by atoms with E-state index in [2.05, 4.69) is 26.1 Å². The van der Waals surface area contributed by atoms with Gasteiger partial charge in [0.2, 0.25) is 0 Å². The van der Waals surface area contributed by atoms with Crippen LogP contribution < -0.4 is 5.32 Å². The van der Waals surface area contributed by atoms with Crippen molar-refractivity contribution >= 4 is 0 Å². The summed E-state index contributed by atoms with van der Waals surface area (Å²) in [5, 5.41) is 13.1. The van der Waals surface area contributed by atoms with Crippen molar-refractivity contribution in [2.45, 2.75) is 52.7 Å². The molecular formula is C12H27NO2. The fourth-order valence-electron chi connectivity index (χ4n) is 1.37. The summed E-state index contributed by atoms with van der Waals surface area (Å²) in [6.45, 7) is 9.89. The van der Waals surface area contributed by atoms with E-state index < -0.39 is 0 Å². The Labute approximate surface area is 94.2 Å². The van der Waals surface area contributed by atoms with Gasteiger partial charge in [0.1, 0.15) is 0 Å². The van der Waals surface area contributed by atoms with Gasteiger partial charge < -0.3 is 15.2 Å². The van der Waals surface area contributed by atoms with Crippen LogP contribution in [0.25, 0.3) is 0 Å². The summed E-state index contributed by atoms with van der Waals surface area (Å²) in [7, 11) is 1.72. The molecule has 0 aromatic carbocycles. The van der Waals surface area contributed by atoms with E-state index >= 15 is 0 Å². The second-order valence-electron chi connectivity index (χ2n) is 4.75. The zero-order valence-corrected chi connectivity index (χ0v) is 10.8. The molecule has 0 amide bonds. The summed E-state index contributed by atoms with van der Waals surface area (Å²) in [6, 6.07) is 0.439. The maximum Gasteiger partial charge on any atom is 0.0577 e. The first-order valence-electron chi connectivity index (χ1n) is 5.86. The monoisotopic (exact) mass is 217 g/mol. The Morgan fingerprint density at radius 1 is 1.40 bits per heavy atom. The molecule has 0 saturated carbocycles. The molecule has 3 atom stereocenters. The van der Waals surface area contributed by atoms with Crippen molar-refractivity contribution in [2.75, 3.05) is 20.3 Å². The normalized spacial score (nSPS) is 19.6. The molecule has 0 heterocycles. The summed E-state index contributed by atoms with van der Waals surface area (Å²) in [6.07, 6.45) is 1.72. The minimum absolute atomic E-state index is 0.0265. The van der Waals surface area contributed by atoms with Crippen LogP contribution in [-0.2, 0) is 4.74 Å². The molecule has 2 N–H and O–H groups in total. The van der Waals surface area contributed by atoms with Gasteiger partial charge in [-0.2, -0.15) is 0 Å². The predicted octanol–water partition coefficient (Wildman–Crippen LogP) is 1.80. The number of nitrogens with one attached hydrogen (secondary N) is 1. The minimum Gasteiger partial charge on any atom is -0.393 e. The molecule has 0 aliphatic carbocycles. The van der Waals surface area contributed by atoms with E-state index in [1.807, 2.05) is 6.92 Å². The topological polar surface area (TPSA) is 41.5 Å². The Bertz CT molecular complexity index is 162. The van der Waals surface area contributed by atoms with Gasteiger partial charge in [0.15, 0.2) is 0 Å². The van der Waals surface area contributed by atoms with Gasteiger partial charge in [-0.25, -0.2) is 0 Å². The van der Waals surface area contributed by atoms with Gasteiger partial charge in [-0.1, -0.05) is 13.8 Å². The van der Waals surface area contributed by atoms with E-state index in [9.17, 15) is 5.11 Å². The first-order valence-corrected chi connectivity index (χ1v) is 5.86. The second-order valence-corrected chi connectivity index (χ2v) is 4.75. The third-order valence-corrected chi connectivity index (χ3v) is 3.43. The molecule has 0 spiro atoms. The average Bonchev–Trinajstić information content (AvgIpc) is 2.22. The van der Waals surface area contributed by atoms with Crippen molar-refractivity contribution < 1.29 is 9.84 Å². The highest BCUT2D eigenvalue weighted by molar-refractivity contribution is 4.81. The molecule has 0 aliphatic rings. The van der Waals surface area contributed by atoms with Crippen molar-refractivity contribution in [3.8, 4) is 0 Å². The number of hydrogen-bond donors (Lipinski definition) is 2. The van der Waals surface area contributed by atoms with Crippen molar-refractivity contribution in [3.63, 3.8) is 0 Å². The van der Waals surface area contributed by atoms with E-state index in [1.54, 1.807) is 7.11 Å². The molecule has 0 aromatic rings. The average molecular weight is 217 g/mol. The second kappa shape index (κ2) is 7.20. The van der Waals surface area contributed by atoms with Crippen LogP contribution >= 0.6 is 0 Å². The number of aliphatic hydroxyl groups is 1. The van der Waals surface area contributed by atoms with Crippen LogP contribution in [0.5, 0.6) is 0 Å². The first-order chi connectivity index (χ1) is 6.96. The molecule has 3 unspecified atom stereocenters. The molecule has 15 heavy (non-hydrogen) atoms. The van der Waals surface area contributed by atoms with Gasteiger partial charge in [-0.05, 0) is 26.7 Å². The molecule has 0 aromatic heterocycles. The number of ether oxygens (including phenoxy) is 1. The van der Waals surface area contributed by atoms with Crippen LogP contribution in [-0.4, -0.2) is 37.5 Å². The minimum atomic E-state index is -0.273. The molecule has 0 rings (SSSR count). The summed E-state index contributed by atoms with van der Waals surface area (Å²) in [5.74, 6) is 0. The molecule has 0 saturated heterocycles. The van der Waals surface area contributed by atoms with E-state index in [0.29, 0.717) is 6.04 Å². The maximum atomic E-state index is 9.70. The lowest BCUT2D eigenvalue weighted by Crippen LogP contribution is -2.42. The van der Waals surface area contributed by atoms with Gasteiger partial charge in [0, 0.05) is 31.7 Å². The van der Waals surface area contributed by atoms with E-state index in [-0.39, 0.29) is 11.5 Å². The van der Waals surface area contributed by atoms with Gasteiger partial charge in [0.05, 0.1) is 6.10 Å². The zero-order chi connectivity index (χ0) is 11.9. The fourth-order valence-corrected chi connectivity index (χ4v) is 1.37. The summed E-state index contributed by atoms with van der Waals surface area (Å²) in [5.41, 5.74) is -0.0265. The molecular weight excluding hydrogens is 190 g/mol. The highest BCUT2D eigenvalue weighted by Crippen LogP contribution is 2.24. The Kier molecular flexibility index (Phi) is 7.14. The van der Waals surface area contributed by atoms with Crippen LogP contribution in [0.1, 0.15) is 40.5 Å². The summed E-state index contributed by atoms with van der Waals surface area (Å²) in [4.78, 5) is 0. The fraction of sp³-hybridized carbons (Fsp3) is 1.00. The smallest absolute Gasteiger partial charge is 0.0577 e. The molecule has 0 aliphatic heterocycles. The molecule has 92 valence electrons. The van der Waals surface area contributed by atoms with Crippen molar-refractivity contribution in [1.29, 1.82) is 0 Å². The van der Waals surface area contributed by atoms with Gasteiger partial charge in [0.25, 0.3) is 0 Å². The molecule has 0 bridgehead atoms. The van der Waals surface area contributed by atoms with E-state index in [0.717, 1.165) is 26.0 Å². The lowest BCUT2D eigenvalue weighted by molar-refractivity contribution is 0.0464. The van der Waals surface area contributed by atoms with Crippen molar-refractivity contribution in [1.82, 2.24) is 5.32 Å². The van der Waals surface area contributed by atoms with E-state index in [1.165, 1.54) is 0 Å². The molecule has 0 fully saturated rings. The number of hydrogen-bond acceptors (Lipinski definition) is 3. The van der Waals surface area contributed by atoms with Crippen molar-refractivity contribution in [2.24, 2.45) is 5.41 Å². The molecule has 3 heteroatoms. The number of rotatable bonds is 8. The van der Waals surface area contributed by atoms with Crippen LogP contribution in [0.4, 0.5) is 0 Å². The summed E-state index contributed by atoms with van der Waals surface area (Å²) >= 11 is 0. The summed E-state index contributed by atoms with van der Waals surface area (Å²) < 4.78 is 5.03. The highest BCUT2D eigenvalue weighted by atomic mass is 16.5. The van der Waals surface area contributed by atoms with E-state index in [4.69, 9.17) is 4.74 Å². The van der Waals surface area contributed by atoms with Crippen LogP contribution in [0.15, 0.2) is 0 Å². The molecule has 3 nitrogen and oxygen atoms in total. The zero-order valence-electron chi connectivity index (χ0n) is 10.8. The Hall–Kier alpha value is -0.120. The van der Waals surface area contributed by atoms with Gasteiger partial charge >= 0.3 is 0 Å². The Balaban J connectivity index is 3.89. The van der Waals surface area contributed by atoms with Crippen LogP contribution in [0, 0.1) is 5.41 Å². The highest BCUT2D eigenvalue weighted by Gasteiger charge is 2.27. The SMILES string of the molecule is CCC(C)(CNC(C)CCOC)C(C)O. The van der Waals surface area contributed by atoms with Crippen LogP contribution in [0.3, 0.4) is 0 Å². The van der Waals surface area contributed by atoms with Crippen LogP contribution in [0.2, 0.25) is 0 Å². The maximum absolute atomic E-state index is 9.70. The third-order valence-electron chi connectivity index (χ3n) is 3.43.